The van der Waals surface area contributed by atoms with Gasteiger partial charge in [0, 0.05) is 5.41 Å². The van der Waals surface area contributed by atoms with E-state index in [1.54, 1.807) is 6.92 Å². The third-order valence-electron chi connectivity index (χ3n) is 8.57. The minimum atomic E-state index is -0.905. The summed E-state index contributed by atoms with van der Waals surface area (Å²) in [6.45, 7) is 20.1. The van der Waals surface area contributed by atoms with Gasteiger partial charge in [-0.15, -0.1) is 0 Å². The molecule has 0 saturated heterocycles. The van der Waals surface area contributed by atoms with Gasteiger partial charge in [0.15, 0.2) is 5.78 Å². The third-order valence-corrected chi connectivity index (χ3v) is 8.57. The lowest BCUT2D eigenvalue weighted by atomic mass is 9.69. The first-order valence-electron chi connectivity index (χ1n) is 15.5. The van der Waals surface area contributed by atoms with Gasteiger partial charge in [0.25, 0.3) is 0 Å². The number of ketones is 1. The zero-order valence-corrected chi connectivity index (χ0v) is 28.5. The number of allylic oxidation sites excluding steroid dienone is 19. The van der Waals surface area contributed by atoms with Gasteiger partial charge in [0.05, 0.1) is 12.2 Å². The van der Waals surface area contributed by atoms with E-state index >= 15 is 0 Å². The largest absolute Gasteiger partial charge is 0.390 e. The molecular formula is C40H54O4. The van der Waals surface area contributed by atoms with Gasteiger partial charge in [-0.25, -0.2) is 0 Å². The monoisotopic (exact) mass is 598 g/mol. The van der Waals surface area contributed by atoms with E-state index in [-0.39, 0.29) is 11.2 Å². The standard InChI is InChI=1S/C40H54O4/c1-27(17-13-19-29(3)21-23-33-31(5)25-35(41)38(44)40(33,9)10)15-11-12-16-28(2)18-14-20-30(4)22-24-34-32(6)37(43)36(42)26-39(34,7)8/h11-24,35-36,38,41-42,44H,25-26H2,1-10H3/b12-11+,17-13+,18-14+,23-21+,24-22+,27-15+,28-16+,29-19+,30-20+. The van der Waals surface area contributed by atoms with Crippen molar-refractivity contribution in [2.45, 2.75) is 100 Å². The highest BCUT2D eigenvalue weighted by atomic mass is 16.3. The number of hydrogen-bond donors (Lipinski definition) is 3. The molecule has 238 valence electrons. The maximum atomic E-state index is 12.2. The predicted octanol–water partition coefficient (Wildman–Crippen LogP) is 8.70. The molecule has 4 nitrogen and oxygen atoms in total. The van der Waals surface area contributed by atoms with Crippen LogP contribution in [-0.2, 0) is 4.79 Å². The second kappa shape index (κ2) is 16.1. The maximum absolute atomic E-state index is 12.2. The van der Waals surface area contributed by atoms with Crippen molar-refractivity contribution in [3.8, 4) is 0 Å². The molecule has 44 heavy (non-hydrogen) atoms. The van der Waals surface area contributed by atoms with Crippen LogP contribution in [0.2, 0.25) is 0 Å². The van der Waals surface area contributed by atoms with Crippen LogP contribution < -0.4 is 0 Å². The van der Waals surface area contributed by atoms with Gasteiger partial charge in [0.1, 0.15) is 6.10 Å². The van der Waals surface area contributed by atoms with E-state index in [1.807, 2.05) is 70.2 Å². The van der Waals surface area contributed by atoms with Gasteiger partial charge in [-0.1, -0.05) is 141 Å². The maximum Gasteiger partial charge on any atom is 0.187 e. The van der Waals surface area contributed by atoms with Crippen molar-refractivity contribution in [3.05, 3.63) is 130 Å². The van der Waals surface area contributed by atoms with Crippen molar-refractivity contribution in [1.29, 1.82) is 0 Å². The molecular weight excluding hydrogens is 544 g/mol. The van der Waals surface area contributed by atoms with Crippen LogP contribution in [0.3, 0.4) is 0 Å². The van der Waals surface area contributed by atoms with Crippen molar-refractivity contribution in [2.75, 3.05) is 0 Å². The molecule has 0 radical (unpaired) electrons. The Morgan fingerprint density at radius 2 is 1.11 bits per heavy atom. The second-order valence-corrected chi connectivity index (χ2v) is 13.6. The summed E-state index contributed by atoms with van der Waals surface area (Å²) in [6, 6.07) is 0. The Bertz CT molecular complexity index is 1410. The van der Waals surface area contributed by atoms with E-state index in [4.69, 9.17) is 0 Å². The summed E-state index contributed by atoms with van der Waals surface area (Å²) in [5.74, 6) is -0.173. The van der Waals surface area contributed by atoms with Crippen LogP contribution in [0, 0.1) is 10.8 Å². The van der Waals surface area contributed by atoms with E-state index in [1.165, 1.54) is 0 Å². The van der Waals surface area contributed by atoms with Crippen LogP contribution in [0.4, 0.5) is 0 Å². The lowest BCUT2D eigenvalue weighted by Gasteiger charge is -2.40. The van der Waals surface area contributed by atoms with Crippen molar-refractivity contribution >= 4 is 5.78 Å². The molecule has 4 heteroatoms. The molecule has 2 aliphatic rings. The molecule has 3 N–H and O–H groups in total. The Balaban J connectivity index is 1.94. The summed E-state index contributed by atoms with van der Waals surface area (Å²) in [4.78, 5) is 12.2. The summed E-state index contributed by atoms with van der Waals surface area (Å²) >= 11 is 0. The molecule has 0 amide bonds. The van der Waals surface area contributed by atoms with Crippen LogP contribution in [0.5, 0.6) is 0 Å². The Morgan fingerprint density at radius 1 is 0.682 bits per heavy atom. The van der Waals surface area contributed by atoms with Crippen LogP contribution in [0.25, 0.3) is 0 Å². The van der Waals surface area contributed by atoms with Crippen LogP contribution in [0.15, 0.2) is 130 Å². The molecule has 0 aromatic carbocycles. The van der Waals surface area contributed by atoms with Gasteiger partial charge in [-0.2, -0.15) is 0 Å². The SMILES string of the molecule is CC1=C(/C=C/C(C)=C/C=C/C(C)=C/C=C/C=C(C)/C=C/C=C(C)/C=C/C2=C(C)C(=O)C(O)CC2(C)C)C(C)(C)C(O)C(O)C1. The Kier molecular flexibility index (Phi) is 13.5. The topological polar surface area (TPSA) is 77.8 Å². The smallest absolute Gasteiger partial charge is 0.187 e. The van der Waals surface area contributed by atoms with Gasteiger partial charge >= 0.3 is 0 Å². The summed E-state index contributed by atoms with van der Waals surface area (Å²) in [7, 11) is 0. The highest BCUT2D eigenvalue weighted by molar-refractivity contribution is 6.00. The summed E-state index contributed by atoms with van der Waals surface area (Å²) in [5, 5.41) is 30.6. The zero-order valence-electron chi connectivity index (χ0n) is 28.5. The fraction of sp³-hybridized carbons (Fsp3) is 0.425. The first-order valence-corrected chi connectivity index (χ1v) is 15.5. The van der Waals surface area contributed by atoms with E-state index < -0.39 is 23.7 Å². The minimum Gasteiger partial charge on any atom is -0.390 e. The van der Waals surface area contributed by atoms with Crippen molar-refractivity contribution in [3.63, 3.8) is 0 Å². The molecule has 3 atom stereocenters. The first kappa shape index (κ1) is 36.9. The van der Waals surface area contributed by atoms with Gasteiger partial charge in [0.2, 0.25) is 0 Å². The normalized spacial score (nSPS) is 26.2. The number of aliphatic hydroxyl groups excluding tert-OH is 3. The van der Waals surface area contributed by atoms with Gasteiger partial charge in [-0.05, 0) is 76.5 Å². The summed E-state index contributed by atoms with van der Waals surface area (Å²) in [6.07, 6.45) is 27.2. The van der Waals surface area contributed by atoms with Gasteiger partial charge in [-0.3, -0.25) is 4.79 Å². The summed E-state index contributed by atoms with van der Waals surface area (Å²) < 4.78 is 0. The Hall–Kier alpha value is -3.31. The van der Waals surface area contributed by atoms with Crippen molar-refractivity contribution in [2.24, 2.45) is 10.8 Å². The molecule has 0 aliphatic heterocycles. The lowest BCUT2D eigenvalue weighted by molar-refractivity contribution is -0.125. The molecule has 0 saturated carbocycles. The molecule has 0 aromatic rings. The van der Waals surface area contributed by atoms with Crippen molar-refractivity contribution < 1.29 is 20.1 Å². The number of carbonyl (C=O) groups excluding carboxylic acids is 1. The van der Waals surface area contributed by atoms with Crippen LogP contribution in [-0.4, -0.2) is 39.4 Å². The Labute approximate surface area is 266 Å². The fourth-order valence-corrected chi connectivity index (χ4v) is 5.78. The number of rotatable bonds is 10. The number of Topliss-reactive ketones (excluding diaryl/α,β-unsaturated/α-hetero) is 1. The van der Waals surface area contributed by atoms with E-state index in [2.05, 4.69) is 77.2 Å². The van der Waals surface area contributed by atoms with E-state index in [0.717, 1.165) is 39.0 Å². The molecule has 0 bridgehead atoms. The quantitative estimate of drug-likeness (QED) is 0.220. The average molecular weight is 599 g/mol. The minimum absolute atomic E-state index is 0.173. The fourth-order valence-electron chi connectivity index (χ4n) is 5.78. The highest BCUT2D eigenvalue weighted by Crippen LogP contribution is 2.41. The zero-order chi connectivity index (χ0) is 33.2. The molecule has 0 spiro atoms. The Morgan fingerprint density at radius 3 is 1.61 bits per heavy atom. The lowest BCUT2D eigenvalue weighted by Crippen LogP contribution is -2.44. The summed E-state index contributed by atoms with van der Waals surface area (Å²) in [5.41, 5.74) is 7.54. The second-order valence-electron chi connectivity index (χ2n) is 13.6. The van der Waals surface area contributed by atoms with Crippen molar-refractivity contribution in [1.82, 2.24) is 0 Å². The predicted molar refractivity (Wildman–Crippen MR) is 186 cm³/mol. The molecule has 2 aliphatic carbocycles. The molecule has 3 unspecified atom stereocenters. The van der Waals surface area contributed by atoms with Crippen LogP contribution >= 0.6 is 0 Å². The molecule has 0 heterocycles. The van der Waals surface area contributed by atoms with E-state index in [9.17, 15) is 20.1 Å². The number of carbonyl (C=O) groups is 1. The first-order chi connectivity index (χ1) is 20.5. The molecule has 2 rings (SSSR count). The number of hydrogen-bond acceptors (Lipinski definition) is 4. The van der Waals surface area contributed by atoms with E-state index in [0.29, 0.717) is 18.4 Å². The van der Waals surface area contributed by atoms with Crippen LogP contribution in [0.1, 0.15) is 82.1 Å². The number of aliphatic hydroxyl groups is 3. The van der Waals surface area contributed by atoms with Gasteiger partial charge < -0.3 is 15.3 Å². The average Bonchev–Trinajstić information content (AvgIpc) is 2.92. The molecule has 0 fully saturated rings. The molecule has 0 aromatic heterocycles. The third kappa shape index (κ3) is 10.4. The highest BCUT2D eigenvalue weighted by Gasteiger charge is 2.40.